The number of carbonyl (C=O) groups excluding carboxylic acids is 2. The number of hydrogen-bond donors (Lipinski definition) is 2. The highest BCUT2D eigenvalue weighted by molar-refractivity contribution is 5.98. The average molecular weight is 367 g/mol. The fraction of sp³-hybridized carbons (Fsp3) is 0.263. The Kier molecular flexibility index (Phi) is 5.35. The lowest BCUT2D eigenvalue weighted by atomic mass is 10.1. The topological polar surface area (TPSA) is 96.5 Å². The van der Waals surface area contributed by atoms with E-state index in [0.717, 1.165) is 11.4 Å². The van der Waals surface area contributed by atoms with Crippen LogP contribution in [-0.4, -0.2) is 52.8 Å². The molecular formula is C19H21N5O3. The van der Waals surface area contributed by atoms with Gasteiger partial charge in [0.25, 0.3) is 0 Å². The van der Waals surface area contributed by atoms with Crippen molar-refractivity contribution >= 4 is 29.1 Å². The standard InChI is InChI=1S/C19H21N5O3/c1-4-17(26)24-10-14(11-24)21-18-16(12(2)25)9-20-19(23-18)22-13-5-7-15(27-3)8-6-13/h4-9,14H,1,10-11H2,2-3H3,(H2,20,21,22,23). The third kappa shape index (κ3) is 4.22. The molecule has 1 aromatic carbocycles. The fourth-order valence-electron chi connectivity index (χ4n) is 2.69. The minimum absolute atomic E-state index is 0.0238. The second-order valence-corrected chi connectivity index (χ2v) is 6.15. The largest absolute Gasteiger partial charge is 0.497 e. The molecule has 0 spiro atoms. The third-order valence-electron chi connectivity index (χ3n) is 4.22. The van der Waals surface area contributed by atoms with Crippen molar-refractivity contribution in [2.45, 2.75) is 13.0 Å². The predicted molar refractivity (Wildman–Crippen MR) is 103 cm³/mol. The van der Waals surface area contributed by atoms with Crippen LogP contribution >= 0.6 is 0 Å². The maximum Gasteiger partial charge on any atom is 0.246 e. The van der Waals surface area contributed by atoms with Gasteiger partial charge < -0.3 is 20.3 Å². The van der Waals surface area contributed by atoms with Crippen molar-refractivity contribution in [1.29, 1.82) is 0 Å². The Labute approximate surface area is 157 Å². The van der Waals surface area contributed by atoms with E-state index in [1.807, 2.05) is 24.3 Å². The normalized spacial score (nSPS) is 13.5. The molecule has 2 aromatic rings. The summed E-state index contributed by atoms with van der Waals surface area (Å²) in [6.07, 6.45) is 2.79. The lowest BCUT2D eigenvalue weighted by Gasteiger charge is -2.39. The van der Waals surface area contributed by atoms with Crippen LogP contribution in [0.5, 0.6) is 5.75 Å². The van der Waals surface area contributed by atoms with Crippen molar-refractivity contribution in [1.82, 2.24) is 14.9 Å². The molecule has 1 aliphatic heterocycles. The summed E-state index contributed by atoms with van der Waals surface area (Å²) in [5, 5.41) is 6.32. The van der Waals surface area contributed by atoms with E-state index in [1.54, 1.807) is 12.0 Å². The molecule has 0 bridgehead atoms. The van der Waals surface area contributed by atoms with Gasteiger partial charge in [0.2, 0.25) is 11.9 Å². The lowest BCUT2D eigenvalue weighted by molar-refractivity contribution is -0.129. The third-order valence-corrected chi connectivity index (χ3v) is 4.22. The number of likely N-dealkylation sites (tertiary alicyclic amines) is 1. The number of aromatic nitrogens is 2. The first-order chi connectivity index (χ1) is 13.0. The van der Waals surface area contributed by atoms with Gasteiger partial charge in [0.05, 0.1) is 18.7 Å². The highest BCUT2D eigenvalue weighted by atomic mass is 16.5. The number of amides is 1. The molecular weight excluding hydrogens is 346 g/mol. The smallest absolute Gasteiger partial charge is 0.246 e. The quantitative estimate of drug-likeness (QED) is 0.572. The molecule has 8 nitrogen and oxygen atoms in total. The number of carbonyl (C=O) groups is 2. The summed E-state index contributed by atoms with van der Waals surface area (Å²) in [5.74, 6) is 1.32. The first-order valence-corrected chi connectivity index (χ1v) is 8.47. The van der Waals surface area contributed by atoms with Gasteiger partial charge in [0, 0.05) is 25.0 Å². The number of ketones is 1. The summed E-state index contributed by atoms with van der Waals surface area (Å²) in [7, 11) is 1.61. The summed E-state index contributed by atoms with van der Waals surface area (Å²) in [6.45, 7) is 6.02. The highest BCUT2D eigenvalue weighted by Gasteiger charge is 2.30. The van der Waals surface area contributed by atoms with E-state index in [1.165, 1.54) is 19.2 Å². The van der Waals surface area contributed by atoms with Gasteiger partial charge in [0.15, 0.2) is 5.78 Å². The van der Waals surface area contributed by atoms with Crippen LogP contribution in [0.4, 0.5) is 17.5 Å². The minimum Gasteiger partial charge on any atom is -0.497 e. The van der Waals surface area contributed by atoms with Gasteiger partial charge in [-0.05, 0) is 37.3 Å². The van der Waals surface area contributed by atoms with Crippen LogP contribution in [0.15, 0.2) is 43.1 Å². The molecule has 3 rings (SSSR count). The predicted octanol–water partition coefficient (Wildman–Crippen LogP) is 2.24. The zero-order valence-electron chi connectivity index (χ0n) is 15.2. The van der Waals surface area contributed by atoms with Gasteiger partial charge in [-0.1, -0.05) is 6.58 Å². The van der Waals surface area contributed by atoms with Crippen molar-refractivity contribution in [3.63, 3.8) is 0 Å². The summed E-state index contributed by atoms with van der Waals surface area (Å²) in [6, 6.07) is 7.36. The summed E-state index contributed by atoms with van der Waals surface area (Å²) in [5.41, 5.74) is 1.20. The van der Waals surface area contributed by atoms with E-state index in [0.29, 0.717) is 30.4 Å². The van der Waals surface area contributed by atoms with Gasteiger partial charge in [-0.2, -0.15) is 4.98 Å². The molecule has 8 heteroatoms. The van der Waals surface area contributed by atoms with Gasteiger partial charge in [-0.25, -0.2) is 4.98 Å². The molecule has 1 aliphatic rings. The van der Waals surface area contributed by atoms with Gasteiger partial charge in [-0.3, -0.25) is 9.59 Å². The fourth-order valence-corrected chi connectivity index (χ4v) is 2.69. The van der Waals surface area contributed by atoms with Crippen LogP contribution in [0.2, 0.25) is 0 Å². The summed E-state index contributed by atoms with van der Waals surface area (Å²) in [4.78, 5) is 33.7. The van der Waals surface area contributed by atoms with E-state index in [2.05, 4.69) is 27.2 Å². The van der Waals surface area contributed by atoms with Crippen LogP contribution in [0.3, 0.4) is 0 Å². The Morgan fingerprint density at radius 2 is 2.00 bits per heavy atom. The second-order valence-electron chi connectivity index (χ2n) is 6.15. The van der Waals surface area contributed by atoms with Crippen molar-refractivity contribution in [3.8, 4) is 5.75 Å². The number of ether oxygens (including phenoxy) is 1. The van der Waals surface area contributed by atoms with Crippen LogP contribution < -0.4 is 15.4 Å². The molecule has 2 N–H and O–H groups in total. The maximum absolute atomic E-state index is 11.9. The maximum atomic E-state index is 11.9. The Hall–Kier alpha value is -3.42. The molecule has 1 saturated heterocycles. The molecule has 2 heterocycles. The first kappa shape index (κ1) is 18.4. The first-order valence-electron chi connectivity index (χ1n) is 8.47. The minimum atomic E-state index is -0.133. The van der Waals surface area contributed by atoms with E-state index >= 15 is 0 Å². The highest BCUT2D eigenvalue weighted by Crippen LogP contribution is 2.22. The number of methoxy groups -OCH3 is 1. The summed E-state index contributed by atoms with van der Waals surface area (Å²) < 4.78 is 5.14. The van der Waals surface area contributed by atoms with Crippen LogP contribution in [0, 0.1) is 0 Å². The number of hydrogen-bond acceptors (Lipinski definition) is 7. The van der Waals surface area contributed by atoms with Gasteiger partial charge in [0.1, 0.15) is 11.6 Å². The molecule has 0 unspecified atom stereocenters. The van der Waals surface area contributed by atoms with Crippen molar-refractivity contribution < 1.29 is 14.3 Å². The van der Waals surface area contributed by atoms with Crippen LogP contribution in [-0.2, 0) is 4.79 Å². The molecule has 0 aliphatic carbocycles. The van der Waals surface area contributed by atoms with Crippen LogP contribution in [0.1, 0.15) is 17.3 Å². The van der Waals surface area contributed by atoms with Crippen LogP contribution in [0.25, 0.3) is 0 Å². The summed E-state index contributed by atoms with van der Waals surface area (Å²) >= 11 is 0. The zero-order chi connectivity index (χ0) is 19.4. The SMILES string of the molecule is C=CC(=O)N1CC(Nc2nc(Nc3ccc(OC)cc3)ncc2C(C)=O)C1. The lowest BCUT2D eigenvalue weighted by Crippen LogP contribution is -2.56. The molecule has 1 fully saturated rings. The molecule has 0 saturated carbocycles. The Morgan fingerprint density at radius 1 is 1.30 bits per heavy atom. The van der Waals surface area contributed by atoms with Crippen molar-refractivity contribution in [2.24, 2.45) is 0 Å². The number of benzene rings is 1. The molecule has 1 amide bonds. The van der Waals surface area contributed by atoms with E-state index in [4.69, 9.17) is 4.74 Å². The molecule has 0 atom stereocenters. The number of anilines is 3. The molecule has 140 valence electrons. The molecule has 1 aromatic heterocycles. The number of Topliss-reactive ketones (excluding diaryl/α,β-unsaturated/α-hetero) is 1. The number of rotatable bonds is 7. The zero-order valence-corrected chi connectivity index (χ0v) is 15.2. The van der Waals surface area contributed by atoms with Gasteiger partial charge in [-0.15, -0.1) is 0 Å². The second kappa shape index (κ2) is 7.86. The monoisotopic (exact) mass is 367 g/mol. The van der Waals surface area contributed by atoms with Crippen molar-refractivity contribution in [3.05, 3.63) is 48.7 Å². The Morgan fingerprint density at radius 3 is 2.59 bits per heavy atom. The molecule has 0 radical (unpaired) electrons. The van der Waals surface area contributed by atoms with Crippen molar-refractivity contribution in [2.75, 3.05) is 30.8 Å². The average Bonchev–Trinajstić information content (AvgIpc) is 2.64. The van der Waals surface area contributed by atoms with E-state index in [9.17, 15) is 9.59 Å². The Bertz CT molecular complexity index is 860. The molecule has 27 heavy (non-hydrogen) atoms. The number of nitrogens with zero attached hydrogens (tertiary/aromatic N) is 3. The van der Waals surface area contributed by atoms with E-state index < -0.39 is 0 Å². The number of nitrogens with one attached hydrogen (secondary N) is 2. The van der Waals surface area contributed by atoms with E-state index in [-0.39, 0.29) is 17.7 Å². The Balaban J connectivity index is 1.73. The van der Waals surface area contributed by atoms with Gasteiger partial charge >= 0.3 is 0 Å².